The number of unbranched alkanes of at least 4 members (excludes halogenated alkanes) is 3. The van der Waals surface area contributed by atoms with Crippen LogP contribution in [0, 0.1) is 17.8 Å². The van der Waals surface area contributed by atoms with Crippen LogP contribution in [0.15, 0.2) is 0 Å². The van der Waals surface area contributed by atoms with Crippen molar-refractivity contribution < 1.29 is 82.5 Å². The highest BCUT2D eigenvalue weighted by molar-refractivity contribution is 7.54. The summed E-state index contributed by atoms with van der Waals surface area (Å²) in [5.74, 6) is -1.87. The third kappa shape index (κ3) is 14.6. The molecule has 18 heteroatoms. The third-order valence-electron chi connectivity index (χ3n) is 10.6. The highest BCUT2D eigenvalue weighted by Gasteiger charge is 2.48. The monoisotopic (exact) mass is 832 g/mol. The lowest BCUT2D eigenvalue weighted by atomic mass is 9.91. The van der Waals surface area contributed by atoms with Gasteiger partial charge in [-0.25, -0.2) is 0 Å². The number of aliphatic hydroxyl groups excluding tert-OH is 6. The molecular weight excluding hydrogens is 759 g/mol. The second kappa shape index (κ2) is 22.4. The minimum atomic E-state index is -3.75. The Kier molecular flexibility index (Phi) is 20.0. The van der Waals surface area contributed by atoms with Crippen LogP contribution in [-0.4, -0.2) is 166 Å². The maximum atomic E-state index is 12.2. The van der Waals surface area contributed by atoms with Gasteiger partial charge in [0.05, 0.1) is 55.5 Å². The zero-order valence-corrected chi connectivity index (χ0v) is 35.7. The predicted molar refractivity (Wildman–Crippen MR) is 203 cm³/mol. The summed E-state index contributed by atoms with van der Waals surface area (Å²) in [4.78, 5) is 10.0. The molecule has 7 N–H and O–H groups in total. The van der Waals surface area contributed by atoms with Gasteiger partial charge < -0.3 is 78.0 Å². The van der Waals surface area contributed by atoms with Gasteiger partial charge in [-0.3, -0.25) is 4.57 Å². The van der Waals surface area contributed by atoms with E-state index in [9.17, 15) is 40.1 Å². The van der Waals surface area contributed by atoms with Crippen LogP contribution in [0.2, 0.25) is 0 Å². The smallest absolute Gasteiger partial charge is 0.333 e. The lowest BCUT2D eigenvalue weighted by Gasteiger charge is -2.45. The van der Waals surface area contributed by atoms with Crippen molar-refractivity contribution in [2.24, 2.45) is 17.8 Å². The van der Waals surface area contributed by atoms with Gasteiger partial charge in [0.2, 0.25) is 0 Å². The van der Waals surface area contributed by atoms with E-state index >= 15 is 0 Å². The molecule has 3 rings (SSSR count). The van der Waals surface area contributed by atoms with Gasteiger partial charge in [-0.2, -0.15) is 0 Å². The number of rotatable bonds is 21. The number of ether oxygens (including phenoxy) is 8. The highest BCUT2D eigenvalue weighted by atomic mass is 31.2. The molecule has 0 aromatic carbocycles. The molecule has 0 aliphatic carbocycles. The van der Waals surface area contributed by atoms with E-state index < -0.39 is 104 Å². The lowest BCUT2D eigenvalue weighted by molar-refractivity contribution is -0.328. The molecule has 3 aliphatic heterocycles. The molecule has 332 valence electrons. The van der Waals surface area contributed by atoms with Crippen molar-refractivity contribution >= 4 is 7.60 Å². The molecule has 0 bridgehead atoms. The first-order valence-corrected chi connectivity index (χ1v) is 21.7. The predicted octanol–water partition coefficient (Wildman–Crippen LogP) is 2.07. The maximum Gasteiger partial charge on any atom is 0.333 e. The van der Waals surface area contributed by atoms with E-state index in [-0.39, 0.29) is 38.6 Å². The van der Waals surface area contributed by atoms with Crippen LogP contribution in [0.1, 0.15) is 94.4 Å². The van der Waals surface area contributed by atoms with Crippen molar-refractivity contribution in [3.05, 3.63) is 0 Å². The average molecular weight is 833 g/mol. The molecular formula is C38H73O17P. The van der Waals surface area contributed by atoms with Crippen molar-refractivity contribution in [1.82, 2.24) is 0 Å². The Labute approximate surface area is 332 Å². The largest absolute Gasteiger partial charge is 0.390 e. The topological polar surface area (TPSA) is 242 Å². The van der Waals surface area contributed by atoms with E-state index in [2.05, 4.69) is 0 Å². The van der Waals surface area contributed by atoms with Gasteiger partial charge in [0.15, 0.2) is 18.9 Å². The van der Waals surface area contributed by atoms with Gasteiger partial charge >= 0.3 is 7.60 Å². The molecule has 3 fully saturated rings. The first-order chi connectivity index (χ1) is 26.1. The Bertz CT molecular complexity index is 1170. The fraction of sp³-hybridized carbons (Fsp3) is 1.00. The summed E-state index contributed by atoms with van der Waals surface area (Å²) in [6.45, 7) is 16.8. The van der Waals surface area contributed by atoms with Crippen LogP contribution >= 0.6 is 7.60 Å². The third-order valence-corrected chi connectivity index (χ3v) is 12.8. The normalized spacial score (nSPS) is 38.4. The van der Waals surface area contributed by atoms with E-state index in [0.29, 0.717) is 26.1 Å². The average Bonchev–Trinajstić information content (AvgIpc) is 3.12. The molecule has 16 atom stereocenters. The molecule has 0 saturated carbocycles. The van der Waals surface area contributed by atoms with Crippen molar-refractivity contribution in [1.29, 1.82) is 0 Å². The zero-order chi connectivity index (χ0) is 42.0. The van der Waals surface area contributed by atoms with Gasteiger partial charge in [-0.15, -0.1) is 0 Å². The highest BCUT2D eigenvalue weighted by Crippen LogP contribution is 2.54. The first-order valence-electron chi connectivity index (χ1n) is 20.1. The van der Waals surface area contributed by atoms with E-state index in [0.717, 1.165) is 19.3 Å². The minimum absolute atomic E-state index is 0.0671. The molecule has 0 aromatic rings. The fourth-order valence-electron chi connectivity index (χ4n) is 6.42. The van der Waals surface area contributed by atoms with E-state index in [1.165, 1.54) is 0 Å². The fourth-order valence-corrected chi connectivity index (χ4v) is 7.18. The second-order valence-electron chi connectivity index (χ2n) is 17.5. The van der Waals surface area contributed by atoms with E-state index in [1.54, 1.807) is 41.5 Å². The number of hydrogen-bond acceptors (Lipinski definition) is 16. The Morgan fingerprint density at radius 3 is 1.36 bits per heavy atom. The van der Waals surface area contributed by atoms with Gasteiger partial charge in [0.25, 0.3) is 0 Å². The van der Waals surface area contributed by atoms with E-state index in [4.69, 9.17) is 42.4 Å². The van der Waals surface area contributed by atoms with Crippen molar-refractivity contribution in [2.75, 3.05) is 46.2 Å². The summed E-state index contributed by atoms with van der Waals surface area (Å²) in [6, 6.07) is 0. The minimum Gasteiger partial charge on any atom is -0.390 e. The van der Waals surface area contributed by atoms with Crippen LogP contribution in [0.3, 0.4) is 0 Å². The van der Waals surface area contributed by atoms with Gasteiger partial charge in [-0.1, -0.05) is 20.8 Å². The molecule has 0 spiro atoms. The zero-order valence-electron chi connectivity index (χ0n) is 34.8. The molecule has 56 heavy (non-hydrogen) atoms. The maximum absolute atomic E-state index is 12.2. The SMILES string of the molecule is CC1C(OCC2OC(OCC3OC(OCCCCCOC(C)(C)C)C(C)C(O)C3O)C(C)C(O)C2O)OC(COCCCCOP(=O)(O)C(C)(C)C)C(O)C1O. The van der Waals surface area contributed by atoms with Gasteiger partial charge in [0.1, 0.15) is 36.6 Å². The summed E-state index contributed by atoms with van der Waals surface area (Å²) in [5.41, 5.74) is -0.188. The summed E-state index contributed by atoms with van der Waals surface area (Å²) in [6.07, 6.45) is -9.84. The lowest BCUT2D eigenvalue weighted by Crippen LogP contribution is -2.59. The molecule has 0 amide bonds. The molecule has 3 aliphatic rings. The van der Waals surface area contributed by atoms with Gasteiger partial charge in [0, 0.05) is 37.6 Å². The van der Waals surface area contributed by atoms with Crippen LogP contribution < -0.4 is 0 Å². The number of aliphatic hydroxyl groups is 6. The van der Waals surface area contributed by atoms with Crippen molar-refractivity contribution in [2.45, 2.75) is 179 Å². The standard InChI is InChI=1S/C38H73O17P/c1-22-28(39)32(43)26(54-34(22)48-16-11-10-12-17-51-37(4,5)6)20-50-36-24(3)30(41)33(44)27(55-36)21-49-35-23(2)29(40)31(42)25(53-35)19-47-15-13-14-18-52-56(45,46)38(7,8)9/h22-36,39-44H,10-21H2,1-9H3,(H,45,46). The molecule has 17 nitrogen and oxygen atoms in total. The van der Waals surface area contributed by atoms with E-state index in [1.807, 2.05) is 20.8 Å². The molecule has 0 radical (unpaired) electrons. The Hall–Kier alpha value is -0.410. The Balaban J connectivity index is 1.47. The van der Waals surface area contributed by atoms with Gasteiger partial charge in [-0.05, 0) is 73.6 Å². The molecule has 3 heterocycles. The molecule has 0 aromatic heterocycles. The molecule has 3 saturated heterocycles. The van der Waals surface area contributed by atoms with Crippen LogP contribution in [-0.2, 0) is 47.0 Å². The number of hydrogen-bond donors (Lipinski definition) is 7. The van der Waals surface area contributed by atoms with Crippen molar-refractivity contribution in [3.63, 3.8) is 0 Å². The van der Waals surface area contributed by atoms with Crippen LogP contribution in [0.5, 0.6) is 0 Å². The van der Waals surface area contributed by atoms with Crippen LogP contribution in [0.4, 0.5) is 0 Å². The summed E-state index contributed by atoms with van der Waals surface area (Å²) >= 11 is 0. The summed E-state index contributed by atoms with van der Waals surface area (Å²) in [5, 5.41) is 63.9. The molecule has 16 unspecified atom stereocenters. The van der Waals surface area contributed by atoms with Crippen molar-refractivity contribution in [3.8, 4) is 0 Å². The quantitative estimate of drug-likeness (QED) is 0.0647. The summed E-state index contributed by atoms with van der Waals surface area (Å²) < 4.78 is 64.7. The second-order valence-corrected chi connectivity index (χ2v) is 20.2. The first kappa shape index (κ1) is 49.9. The van der Waals surface area contributed by atoms with Crippen LogP contribution in [0.25, 0.3) is 0 Å². The summed E-state index contributed by atoms with van der Waals surface area (Å²) in [7, 11) is -3.75. The Morgan fingerprint density at radius 1 is 0.518 bits per heavy atom. The Morgan fingerprint density at radius 2 is 0.911 bits per heavy atom.